The van der Waals surface area contributed by atoms with Crippen molar-refractivity contribution in [2.45, 2.75) is 64.7 Å². The van der Waals surface area contributed by atoms with Crippen LogP contribution in [0.25, 0.3) is 0 Å². The van der Waals surface area contributed by atoms with Gasteiger partial charge in [-0.05, 0) is 19.3 Å². The van der Waals surface area contributed by atoms with Gasteiger partial charge in [0.25, 0.3) is 0 Å². The first kappa shape index (κ1) is 16.0. The summed E-state index contributed by atoms with van der Waals surface area (Å²) in [6, 6.07) is 0. The SMILES string of the molecule is CCCCCCCC/C=C/C=C/CCC(=O)O. The Bertz CT molecular complexity index is 229. The Morgan fingerprint density at radius 3 is 2.18 bits per heavy atom. The van der Waals surface area contributed by atoms with E-state index in [1.807, 2.05) is 18.2 Å². The second-order valence-corrected chi connectivity index (χ2v) is 4.35. The summed E-state index contributed by atoms with van der Waals surface area (Å²) in [4.78, 5) is 10.2. The van der Waals surface area contributed by atoms with Crippen LogP contribution in [0.1, 0.15) is 64.7 Å². The molecule has 0 unspecified atom stereocenters. The van der Waals surface area contributed by atoms with Gasteiger partial charge in [-0.1, -0.05) is 63.3 Å². The summed E-state index contributed by atoms with van der Waals surface area (Å²) >= 11 is 0. The van der Waals surface area contributed by atoms with Crippen molar-refractivity contribution in [3.05, 3.63) is 24.3 Å². The van der Waals surface area contributed by atoms with Gasteiger partial charge in [0.2, 0.25) is 0 Å². The molecule has 0 saturated heterocycles. The van der Waals surface area contributed by atoms with Crippen LogP contribution in [-0.4, -0.2) is 11.1 Å². The Hall–Kier alpha value is -1.05. The molecule has 2 heteroatoms. The van der Waals surface area contributed by atoms with Gasteiger partial charge in [-0.3, -0.25) is 4.79 Å². The molecule has 0 rings (SSSR count). The van der Waals surface area contributed by atoms with Crippen LogP contribution in [0.15, 0.2) is 24.3 Å². The minimum Gasteiger partial charge on any atom is -0.481 e. The lowest BCUT2D eigenvalue weighted by Crippen LogP contribution is -1.91. The zero-order chi connectivity index (χ0) is 12.8. The Morgan fingerprint density at radius 2 is 1.53 bits per heavy atom. The molecule has 0 aliphatic heterocycles. The van der Waals surface area contributed by atoms with Crippen molar-refractivity contribution >= 4 is 5.97 Å². The first-order chi connectivity index (χ1) is 8.27. The summed E-state index contributed by atoms with van der Waals surface area (Å²) in [5.41, 5.74) is 0. The maximum absolute atomic E-state index is 10.2. The Morgan fingerprint density at radius 1 is 0.941 bits per heavy atom. The highest BCUT2D eigenvalue weighted by Gasteiger charge is 1.90. The number of aliphatic carboxylic acids is 1. The van der Waals surface area contributed by atoms with E-state index in [9.17, 15) is 4.79 Å². The van der Waals surface area contributed by atoms with Crippen molar-refractivity contribution in [3.8, 4) is 0 Å². The van der Waals surface area contributed by atoms with Gasteiger partial charge in [-0.25, -0.2) is 0 Å². The smallest absolute Gasteiger partial charge is 0.303 e. The summed E-state index contributed by atoms with van der Waals surface area (Å²) in [7, 11) is 0. The molecule has 0 radical (unpaired) electrons. The van der Waals surface area contributed by atoms with E-state index in [0.717, 1.165) is 6.42 Å². The normalized spacial score (nSPS) is 11.6. The van der Waals surface area contributed by atoms with Gasteiger partial charge in [0.1, 0.15) is 0 Å². The highest BCUT2D eigenvalue weighted by molar-refractivity contribution is 5.66. The first-order valence-corrected chi connectivity index (χ1v) is 6.80. The Balaban J connectivity index is 3.22. The van der Waals surface area contributed by atoms with Crippen LogP contribution in [0.2, 0.25) is 0 Å². The van der Waals surface area contributed by atoms with Gasteiger partial charge in [-0.2, -0.15) is 0 Å². The molecule has 0 aromatic rings. The molecule has 1 N–H and O–H groups in total. The van der Waals surface area contributed by atoms with Crippen LogP contribution in [0, 0.1) is 0 Å². The third-order valence-corrected chi connectivity index (χ3v) is 2.63. The van der Waals surface area contributed by atoms with Crippen molar-refractivity contribution in [1.82, 2.24) is 0 Å². The Labute approximate surface area is 105 Å². The number of hydrogen-bond acceptors (Lipinski definition) is 1. The van der Waals surface area contributed by atoms with Crippen LogP contribution in [0.3, 0.4) is 0 Å². The maximum atomic E-state index is 10.2. The van der Waals surface area contributed by atoms with Crippen molar-refractivity contribution < 1.29 is 9.90 Å². The van der Waals surface area contributed by atoms with E-state index in [-0.39, 0.29) is 6.42 Å². The van der Waals surface area contributed by atoms with E-state index in [1.54, 1.807) is 0 Å². The number of carboxylic acid groups (broad SMARTS) is 1. The molecule has 0 amide bonds. The molecule has 0 heterocycles. The molecule has 17 heavy (non-hydrogen) atoms. The molecular weight excluding hydrogens is 212 g/mol. The third kappa shape index (κ3) is 14.9. The van der Waals surface area contributed by atoms with Crippen molar-refractivity contribution in [2.75, 3.05) is 0 Å². The molecule has 0 aliphatic rings. The van der Waals surface area contributed by atoms with E-state index in [4.69, 9.17) is 5.11 Å². The minimum absolute atomic E-state index is 0.224. The largest absolute Gasteiger partial charge is 0.481 e. The van der Waals surface area contributed by atoms with Gasteiger partial charge in [-0.15, -0.1) is 0 Å². The lowest BCUT2D eigenvalue weighted by molar-refractivity contribution is -0.136. The molecule has 0 aliphatic carbocycles. The average molecular weight is 238 g/mol. The van der Waals surface area contributed by atoms with Crippen LogP contribution in [0.5, 0.6) is 0 Å². The van der Waals surface area contributed by atoms with Gasteiger partial charge in [0, 0.05) is 6.42 Å². The summed E-state index contributed by atoms with van der Waals surface area (Å²) in [6.45, 7) is 2.24. The van der Waals surface area contributed by atoms with E-state index in [2.05, 4.69) is 13.0 Å². The van der Waals surface area contributed by atoms with Gasteiger partial charge in [0.15, 0.2) is 0 Å². The molecule has 0 aromatic heterocycles. The van der Waals surface area contributed by atoms with Crippen molar-refractivity contribution in [3.63, 3.8) is 0 Å². The van der Waals surface area contributed by atoms with E-state index in [0.29, 0.717) is 6.42 Å². The fourth-order valence-corrected chi connectivity index (χ4v) is 1.60. The van der Waals surface area contributed by atoms with E-state index in [1.165, 1.54) is 38.5 Å². The zero-order valence-electron chi connectivity index (χ0n) is 11.0. The van der Waals surface area contributed by atoms with E-state index < -0.39 is 5.97 Å². The first-order valence-electron chi connectivity index (χ1n) is 6.80. The summed E-state index contributed by atoms with van der Waals surface area (Å²) in [6.07, 6.45) is 18.0. The summed E-state index contributed by atoms with van der Waals surface area (Å²) in [5.74, 6) is -0.731. The second-order valence-electron chi connectivity index (χ2n) is 4.35. The summed E-state index contributed by atoms with van der Waals surface area (Å²) in [5, 5.41) is 8.42. The fourth-order valence-electron chi connectivity index (χ4n) is 1.60. The lowest BCUT2D eigenvalue weighted by atomic mass is 10.1. The third-order valence-electron chi connectivity index (χ3n) is 2.63. The van der Waals surface area contributed by atoms with E-state index >= 15 is 0 Å². The maximum Gasteiger partial charge on any atom is 0.303 e. The molecule has 0 aromatic carbocycles. The summed E-state index contributed by atoms with van der Waals surface area (Å²) < 4.78 is 0. The molecule has 0 spiro atoms. The second kappa shape index (κ2) is 13.0. The fraction of sp³-hybridized carbons (Fsp3) is 0.667. The number of carbonyl (C=O) groups is 1. The lowest BCUT2D eigenvalue weighted by Gasteiger charge is -1.97. The predicted molar refractivity (Wildman–Crippen MR) is 73.1 cm³/mol. The molecule has 98 valence electrons. The zero-order valence-corrected chi connectivity index (χ0v) is 11.0. The number of hydrogen-bond donors (Lipinski definition) is 1. The standard InChI is InChI=1S/C15H26O2/c1-2-3-4-5-6-7-8-9-10-11-12-13-14-15(16)17/h9-12H,2-8,13-14H2,1H3,(H,16,17)/b10-9+,12-11+. The topological polar surface area (TPSA) is 37.3 Å². The van der Waals surface area contributed by atoms with Gasteiger partial charge < -0.3 is 5.11 Å². The predicted octanol–water partition coefficient (Wildman–Crippen LogP) is 4.71. The molecule has 0 saturated carbocycles. The average Bonchev–Trinajstić information content (AvgIpc) is 2.30. The van der Waals surface area contributed by atoms with Crippen molar-refractivity contribution in [1.29, 1.82) is 0 Å². The number of carboxylic acids is 1. The van der Waals surface area contributed by atoms with Gasteiger partial charge in [0.05, 0.1) is 0 Å². The molecule has 0 bridgehead atoms. The van der Waals surface area contributed by atoms with Crippen LogP contribution >= 0.6 is 0 Å². The minimum atomic E-state index is -0.731. The molecular formula is C15H26O2. The van der Waals surface area contributed by atoms with Crippen LogP contribution in [-0.2, 0) is 4.79 Å². The number of unbranched alkanes of at least 4 members (excludes halogenated alkanes) is 6. The number of allylic oxidation sites excluding steroid dienone is 4. The quantitative estimate of drug-likeness (QED) is 0.418. The molecule has 2 nitrogen and oxygen atoms in total. The molecule has 0 fully saturated rings. The van der Waals surface area contributed by atoms with Gasteiger partial charge >= 0.3 is 5.97 Å². The van der Waals surface area contributed by atoms with Crippen molar-refractivity contribution in [2.24, 2.45) is 0 Å². The molecule has 0 atom stereocenters. The monoisotopic (exact) mass is 238 g/mol. The highest BCUT2D eigenvalue weighted by Crippen LogP contribution is 2.07. The Kier molecular flexibility index (Phi) is 12.2. The highest BCUT2D eigenvalue weighted by atomic mass is 16.4. The van der Waals surface area contributed by atoms with Crippen LogP contribution in [0.4, 0.5) is 0 Å². The van der Waals surface area contributed by atoms with Crippen LogP contribution < -0.4 is 0 Å². The number of rotatable bonds is 11.